The second-order valence-corrected chi connectivity index (χ2v) is 6.81. The van der Waals surface area contributed by atoms with Crippen molar-refractivity contribution < 1.29 is 4.79 Å². The van der Waals surface area contributed by atoms with Gasteiger partial charge in [-0.3, -0.25) is 14.9 Å². The molecule has 4 N–H and O–H groups in total. The summed E-state index contributed by atoms with van der Waals surface area (Å²) in [6.07, 6.45) is 6.56. The van der Waals surface area contributed by atoms with Crippen molar-refractivity contribution in [2.45, 2.75) is 26.8 Å². The predicted molar refractivity (Wildman–Crippen MR) is 107 cm³/mol. The normalized spacial score (nSPS) is 16.1. The summed E-state index contributed by atoms with van der Waals surface area (Å²) in [7, 11) is 0. The van der Waals surface area contributed by atoms with E-state index in [1.807, 2.05) is 67.1 Å². The highest BCUT2D eigenvalue weighted by Crippen LogP contribution is 2.17. The molecular formula is C21H25N5O. The molecule has 1 aromatic heterocycles. The average molecular weight is 363 g/mol. The Hall–Kier alpha value is -3.15. The van der Waals surface area contributed by atoms with E-state index in [2.05, 4.69) is 10.4 Å². The van der Waals surface area contributed by atoms with Crippen molar-refractivity contribution in [3.63, 3.8) is 0 Å². The van der Waals surface area contributed by atoms with Gasteiger partial charge in [-0.2, -0.15) is 5.10 Å². The highest BCUT2D eigenvalue weighted by Gasteiger charge is 2.19. The lowest BCUT2D eigenvalue weighted by Gasteiger charge is -2.15. The van der Waals surface area contributed by atoms with E-state index >= 15 is 0 Å². The van der Waals surface area contributed by atoms with Crippen LogP contribution in [0.15, 0.2) is 54.1 Å². The summed E-state index contributed by atoms with van der Waals surface area (Å²) in [5, 5.41) is 15.0. The Balaban J connectivity index is 1.65. The summed E-state index contributed by atoms with van der Waals surface area (Å²) >= 11 is 0. The Bertz CT molecular complexity index is 908. The van der Waals surface area contributed by atoms with Gasteiger partial charge in [0.2, 0.25) is 0 Å². The minimum atomic E-state index is -0.118. The van der Waals surface area contributed by atoms with Gasteiger partial charge in [0.1, 0.15) is 0 Å². The number of amides is 1. The summed E-state index contributed by atoms with van der Waals surface area (Å²) in [4.78, 5) is 12.7. The molecule has 0 spiro atoms. The standard InChI is InChI=1S/C21H25N5O/c1-14-19(15(2)26(25-14)13-17-6-4-3-5-7-17)21(27)24-12-16-8-10-18(11-9-16)20(22)23/h3-10,18H,11-13H2,1-2H3,(H3,22,23)(H,24,27). The van der Waals surface area contributed by atoms with Crippen LogP contribution in [-0.4, -0.2) is 28.1 Å². The SMILES string of the molecule is Cc1nn(Cc2ccccc2)c(C)c1C(=O)NCC1=CCC(C(=N)N)C=C1. The zero-order valence-electron chi connectivity index (χ0n) is 15.7. The van der Waals surface area contributed by atoms with Gasteiger partial charge in [-0.15, -0.1) is 0 Å². The largest absolute Gasteiger partial charge is 0.387 e. The van der Waals surface area contributed by atoms with Crippen LogP contribution in [0.2, 0.25) is 0 Å². The number of benzene rings is 1. The van der Waals surface area contributed by atoms with Gasteiger partial charge < -0.3 is 11.1 Å². The first kappa shape index (κ1) is 18.6. The summed E-state index contributed by atoms with van der Waals surface area (Å²) in [6, 6.07) is 10.1. The van der Waals surface area contributed by atoms with Crippen LogP contribution in [-0.2, 0) is 6.54 Å². The van der Waals surface area contributed by atoms with E-state index < -0.39 is 0 Å². The van der Waals surface area contributed by atoms with Crippen molar-refractivity contribution in [3.8, 4) is 0 Å². The number of rotatable bonds is 6. The van der Waals surface area contributed by atoms with Gasteiger partial charge in [-0.25, -0.2) is 0 Å². The molecule has 1 unspecified atom stereocenters. The lowest BCUT2D eigenvalue weighted by molar-refractivity contribution is 0.0956. The van der Waals surface area contributed by atoms with Crippen molar-refractivity contribution in [3.05, 3.63) is 76.6 Å². The predicted octanol–water partition coefficient (Wildman–Crippen LogP) is 2.72. The number of amidine groups is 1. The molecule has 3 rings (SSSR count). The van der Waals surface area contributed by atoms with Crippen molar-refractivity contribution >= 4 is 11.7 Å². The number of aromatic nitrogens is 2. The minimum absolute atomic E-state index is 0.0369. The first-order chi connectivity index (χ1) is 13.0. The molecular weight excluding hydrogens is 338 g/mol. The van der Waals surface area contributed by atoms with Gasteiger partial charge >= 0.3 is 0 Å². The monoisotopic (exact) mass is 363 g/mol. The third-order valence-electron chi connectivity index (χ3n) is 4.81. The first-order valence-electron chi connectivity index (χ1n) is 9.03. The second-order valence-electron chi connectivity index (χ2n) is 6.81. The molecule has 1 aliphatic rings. The summed E-state index contributed by atoms with van der Waals surface area (Å²) in [6.45, 7) is 4.87. The minimum Gasteiger partial charge on any atom is -0.387 e. The van der Waals surface area contributed by atoms with E-state index in [0.717, 1.165) is 22.5 Å². The first-order valence-corrected chi connectivity index (χ1v) is 9.03. The molecule has 1 amide bonds. The molecule has 6 nitrogen and oxygen atoms in total. The molecule has 2 aromatic rings. The fourth-order valence-corrected chi connectivity index (χ4v) is 3.23. The van der Waals surface area contributed by atoms with Crippen molar-refractivity contribution in [1.29, 1.82) is 5.41 Å². The zero-order chi connectivity index (χ0) is 19.4. The van der Waals surface area contributed by atoms with Crippen LogP contribution >= 0.6 is 0 Å². The number of hydrogen-bond acceptors (Lipinski definition) is 3. The van der Waals surface area contributed by atoms with Crippen LogP contribution in [0.3, 0.4) is 0 Å². The Kier molecular flexibility index (Phi) is 5.54. The quantitative estimate of drug-likeness (QED) is 0.544. The molecule has 140 valence electrons. The number of hydrogen-bond donors (Lipinski definition) is 3. The molecule has 0 fully saturated rings. The summed E-state index contributed by atoms with van der Waals surface area (Å²) < 4.78 is 1.87. The van der Waals surface area contributed by atoms with Gasteiger partial charge in [-0.05, 0) is 31.4 Å². The summed E-state index contributed by atoms with van der Waals surface area (Å²) in [5.74, 6) is 0.0140. The maximum atomic E-state index is 12.7. The van der Waals surface area contributed by atoms with Gasteiger partial charge in [0.15, 0.2) is 0 Å². The van der Waals surface area contributed by atoms with Gasteiger partial charge in [0.05, 0.1) is 23.6 Å². The number of carbonyl (C=O) groups is 1. The number of nitrogens with one attached hydrogen (secondary N) is 2. The molecule has 0 aliphatic heterocycles. The average Bonchev–Trinajstić information content (AvgIpc) is 2.94. The van der Waals surface area contributed by atoms with Crippen LogP contribution in [0.4, 0.5) is 0 Å². The summed E-state index contributed by atoms with van der Waals surface area (Å²) in [5.41, 5.74) is 9.91. The Morgan fingerprint density at radius 2 is 2.07 bits per heavy atom. The zero-order valence-corrected chi connectivity index (χ0v) is 15.7. The fourth-order valence-electron chi connectivity index (χ4n) is 3.23. The molecule has 1 aromatic carbocycles. The third-order valence-corrected chi connectivity index (χ3v) is 4.81. The number of nitrogens with two attached hydrogens (primary N) is 1. The topological polar surface area (TPSA) is 96.8 Å². The highest BCUT2D eigenvalue weighted by atomic mass is 16.1. The van der Waals surface area contributed by atoms with Crippen LogP contribution in [0.25, 0.3) is 0 Å². The van der Waals surface area contributed by atoms with E-state index in [1.165, 1.54) is 0 Å². The van der Waals surface area contributed by atoms with E-state index in [1.54, 1.807) is 0 Å². The number of nitrogens with zero attached hydrogens (tertiary/aromatic N) is 2. The second kappa shape index (κ2) is 8.03. The van der Waals surface area contributed by atoms with E-state index in [-0.39, 0.29) is 17.7 Å². The molecule has 6 heteroatoms. The van der Waals surface area contributed by atoms with Gasteiger partial charge in [0.25, 0.3) is 5.91 Å². The molecule has 0 radical (unpaired) electrons. The lowest BCUT2D eigenvalue weighted by Crippen LogP contribution is -2.27. The number of aryl methyl sites for hydroxylation is 1. The molecule has 0 saturated heterocycles. The Morgan fingerprint density at radius 1 is 1.33 bits per heavy atom. The Labute approximate surface area is 159 Å². The third kappa shape index (κ3) is 4.34. The number of allylic oxidation sites excluding steroid dienone is 1. The molecule has 0 saturated carbocycles. The molecule has 0 bridgehead atoms. The van der Waals surface area contributed by atoms with Crippen LogP contribution in [0.5, 0.6) is 0 Å². The maximum absolute atomic E-state index is 12.7. The molecule has 1 aliphatic carbocycles. The Morgan fingerprint density at radius 3 is 2.70 bits per heavy atom. The highest BCUT2D eigenvalue weighted by molar-refractivity contribution is 5.96. The lowest BCUT2D eigenvalue weighted by atomic mass is 9.96. The fraction of sp³-hybridized carbons (Fsp3) is 0.286. The smallest absolute Gasteiger partial charge is 0.255 e. The molecule has 1 atom stereocenters. The van der Waals surface area contributed by atoms with Crippen molar-refractivity contribution in [2.24, 2.45) is 11.7 Å². The van der Waals surface area contributed by atoms with E-state index in [0.29, 0.717) is 25.1 Å². The van der Waals surface area contributed by atoms with Crippen LogP contribution < -0.4 is 11.1 Å². The van der Waals surface area contributed by atoms with Crippen molar-refractivity contribution in [1.82, 2.24) is 15.1 Å². The van der Waals surface area contributed by atoms with Gasteiger partial charge in [-0.1, -0.05) is 48.6 Å². The van der Waals surface area contributed by atoms with Crippen LogP contribution in [0.1, 0.15) is 33.7 Å². The number of carbonyl (C=O) groups excluding carboxylic acids is 1. The molecule has 27 heavy (non-hydrogen) atoms. The van der Waals surface area contributed by atoms with Crippen LogP contribution in [0, 0.1) is 25.2 Å². The molecule has 1 heterocycles. The van der Waals surface area contributed by atoms with E-state index in [4.69, 9.17) is 11.1 Å². The van der Waals surface area contributed by atoms with Crippen molar-refractivity contribution in [2.75, 3.05) is 6.54 Å². The van der Waals surface area contributed by atoms with Gasteiger partial charge in [0, 0.05) is 18.2 Å². The maximum Gasteiger partial charge on any atom is 0.255 e. The van der Waals surface area contributed by atoms with E-state index in [9.17, 15) is 4.79 Å².